The quantitative estimate of drug-likeness (QED) is 0.918. The van der Waals surface area contributed by atoms with E-state index in [9.17, 15) is 4.79 Å². The number of aromatic nitrogens is 1. The summed E-state index contributed by atoms with van der Waals surface area (Å²) in [5, 5.41) is 7.29. The van der Waals surface area contributed by atoms with Crippen LogP contribution in [-0.4, -0.2) is 41.6 Å². The summed E-state index contributed by atoms with van der Waals surface area (Å²) in [6.07, 6.45) is 0. The number of amides is 1. The maximum absolute atomic E-state index is 12.5. The zero-order valence-electron chi connectivity index (χ0n) is 12.3. The first kappa shape index (κ1) is 13.8. The number of nitrogens with zero attached hydrogens (tertiary/aromatic N) is 2. The van der Waals surface area contributed by atoms with E-state index in [1.807, 2.05) is 43.0 Å². The first-order valence-corrected chi connectivity index (χ1v) is 7.20. The van der Waals surface area contributed by atoms with E-state index in [0.29, 0.717) is 18.0 Å². The van der Waals surface area contributed by atoms with Gasteiger partial charge in [0.15, 0.2) is 0 Å². The SMILES string of the molecule is Cc1ccc(-c2cc(C(=O)N3CCNC[C@@H]3C)on2)cc1. The lowest BCUT2D eigenvalue weighted by molar-refractivity contribution is 0.0613. The number of hydrogen-bond donors (Lipinski definition) is 1. The molecule has 0 unspecified atom stereocenters. The summed E-state index contributed by atoms with van der Waals surface area (Å²) in [5.74, 6) is 0.217. The maximum atomic E-state index is 12.5. The van der Waals surface area contributed by atoms with Gasteiger partial charge in [0.2, 0.25) is 5.76 Å². The van der Waals surface area contributed by atoms with Gasteiger partial charge in [-0.25, -0.2) is 0 Å². The summed E-state index contributed by atoms with van der Waals surface area (Å²) < 4.78 is 5.25. The first-order valence-electron chi connectivity index (χ1n) is 7.20. The second kappa shape index (κ2) is 5.69. The molecule has 0 bridgehead atoms. The molecule has 1 N–H and O–H groups in total. The van der Waals surface area contributed by atoms with Crippen molar-refractivity contribution in [3.63, 3.8) is 0 Å². The van der Waals surface area contributed by atoms with Gasteiger partial charge >= 0.3 is 0 Å². The van der Waals surface area contributed by atoms with Crippen molar-refractivity contribution in [1.29, 1.82) is 0 Å². The second-order valence-electron chi connectivity index (χ2n) is 5.49. The van der Waals surface area contributed by atoms with Gasteiger partial charge in [0.05, 0.1) is 0 Å². The Morgan fingerprint density at radius 3 is 2.86 bits per heavy atom. The second-order valence-corrected chi connectivity index (χ2v) is 5.49. The number of carbonyl (C=O) groups excluding carboxylic acids is 1. The molecule has 0 spiro atoms. The molecule has 1 fully saturated rings. The minimum Gasteiger partial charge on any atom is -0.350 e. The Hall–Kier alpha value is -2.14. The molecule has 1 amide bonds. The van der Waals surface area contributed by atoms with Crippen molar-refractivity contribution >= 4 is 5.91 Å². The van der Waals surface area contributed by atoms with Gasteiger partial charge in [-0.2, -0.15) is 0 Å². The van der Waals surface area contributed by atoms with Crippen molar-refractivity contribution < 1.29 is 9.32 Å². The number of rotatable bonds is 2. The molecule has 1 aliphatic heterocycles. The minimum atomic E-state index is -0.0881. The zero-order valence-corrected chi connectivity index (χ0v) is 12.3. The van der Waals surface area contributed by atoms with E-state index in [1.165, 1.54) is 5.56 Å². The largest absolute Gasteiger partial charge is 0.350 e. The molecule has 21 heavy (non-hydrogen) atoms. The standard InChI is InChI=1S/C16H19N3O2/c1-11-3-5-13(6-4-11)14-9-15(21-18-14)16(20)19-8-7-17-10-12(19)2/h3-6,9,12,17H,7-8,10H2,1-2H3/t12-/m0/s1. The highest BCUT2D eigenvalue weighted by Gasteiger charge is 2.27. The Labute approximate surface area is 123 Å². The lowest BCUT2D eigenvalue weighted by atomic mass is 10.1. The fourth-order valence-electron chi connectivity index (χ4n) is 2.52. The van der Waals surface area contributed by atoms with Crippen LogP contribution >= 0.6 is 0 Å². The molecule has 0 radical (unpaired) electrons. The normalized spacial score (nSPS) is 18.8. The van der Waals surface area contributed by atoms with Crippen LogP contribution in [-0.2, 0) is 0 Å². The number of hydrogen-bond acceptors (Lipinski definition) is 4. The van der Waals surface area contributed by atoms with E-state index in [-0.39, 0.29) is 11.9 Å². The molecule has 2 aromatic rings. The Kier molecular flexibility index (Phi) is 3.75. The van der Waals surface area contributed by atoms with E-state index < -0.39 is 0 Å². The Morgan fingerprint density at radius 2 is 2.14 bits per heavy atom. The van der Waals surface area contributed by atoms with Crippen molar-refractivity contribution in [3.05, 3.63) is 41.7 Å². The summed E-state index contributed by atoms with van der Waals surface area (Å²) in [6, 6.07) is 9.89. The summed E-state index contributed by atoms with van der Waals surface area (Å²) in [5.41, 5.74) is 2.84. The molecule has 1 atom stereocenters. The number of piperazine rings is 1. The zero-order chi connectivity index (χ0) is 14.8. The molecule has 5 heteroatoms. The Bertz CT molecular complexity index is 633. The highest BCUT2D eigenvalue weighted by molar-refractivity contribution is 5.92. The average Bonchev–Trinajstić information content (AvgIpc) is 2.98. The molecule has 110 valence electrons. The van der Waals surface area contributed by atoms with Crippen molar-refractivity contribution in [2.75, 3.05) is 19.6 Å². The third-order valence-electron chi connectivity index (χ3n) is 3.83. The molecule has 5 nitrogen and oxygen atoms in total. The summed E-state index contributed by atoms with van der Waals surface area (Å²) in [4.78, 5) is 14.3. The van der Waals surface area contributed by atoms with Crippen molar-refractivity contribution in [2.45, 2.75) is 19.9 Å². The van der Waals surface area contributed by atoms with Crippen LogP contribution in [0.2, 0.25) is 0 Å². The predicted molar refractivity (Wildman–Crippen MR) is 80.0 cm³/mol. The van der Waals surface area contributed by atoms with Crippen LogP contribution in [0.25, 0.3) is 11.3 Å². The molecule has 1 aromatic heterocycles. The van der Waals surface area contributed by atoms with Crippen LogP contribution in [0.4, 0.5) is 0 Å². The third kappa shape index (κ3) is 2.83. The van der Waals surface area contributed by atoms with Gasteiger partial charge in [-0.05, 0) is 13.8 Å². The van der Waals surface area contributed by atoms with Crippen molar-refractivity contribution in [3.8, 4) is 11.3 Å². The van der Waals surface area contributed by atoms with E-state index in [2.05, 4.69) is 10.5 Å². The molecule has 0 saturated carbocycles. The van der Waals surface area contributed by atoms with Gasteiger partial charge in [-0.15, -0.1) is 0 Å². The fraction of sp³-hybridized carbons (Fsp3) is 0.375. The topological polar surface area (TPSA) is 58.4 Å². The van der Waals surface area contributed by atoms with Crippen LogP contribution in [0.3, 0.4) is 0 Å². The van der Waals surface area contributed by atoms with Crippen LogP contribution in [0, 0.1) is 6.92 Å². The Balaban J connectivity index is 1.81. The van der Waals surface area contributed by atoms with E-state index in [0.717, 1.165) is 18.7 Å². The maximum Gasteiger partial charge on any atom is 0.292 e. The number of benzene rings is 1. The summed E-state index contributed by atoms with van der Waals surface area (Å²) >= 11 is 0. The third-order valence-corrected chi connectivity index (χ3v) is 3.83. The van der Waals surface area contributed by atoms with Crippen LogP contribution in [0.1, 0.15) is 23.0 Å². The summed E-state index contributed by atoms with van der Waals surface area (Å²) in [6.45, 7) is 6.38. The average molecular weight is 285 g/mol. The minimum absolute atomic E-state index is 0.0881. The van der Waals surface area contributed by atoms with Gasteiger partial charge in [-0.1, -0.05) is 35.0 Å². The van der Waals surface area contributed by atoms with Crippen molar-refractivity contribution in [1.82, 2.24) is 15.4 Å². The Morgan fingerprint density at radius 1 is 1.38 bits per heavy atom. The highest BCUT2D eigenvalue weighted by Crippen LogP contribution is 2.21. The monoisotopic (exact) mass is 285 g/mol. The summed E-state index contributed by atoms with van der Waals surface area (Å²) in [7, 11) is 0. The molecule has 1 aromatic carbocycles. The van der Waals surface area contributed by atoms with Gasteiger partial charge in [0.25, 0.3) is 5.91 Å². The van der Waals surface area contributed by atoms with Gasteiger partial charge in [0.1, 0.15) is 5.69 Å². The predicted octanol–water partition coefficient (Wildman–Crippen LogP) is 2.08. The lowest BCUT2D eigenvalue weighted by Gasteiger charge is -2.33. The number of nitrogens with one attached hydrogen (secondary N) is 1. The lowest BCUT2D eigenvalue weighted by Crippen LogP contribution is -2.52. The molecule has 1 saturated heterocycles. The molecule has 1 aliphatic rings. The smallest absolute Gasteiger partial charge is 0.292 e. The first-order chi connectivity index (χ1) is 10.1. The van der Waals surface area contributed by atoms with Crippen LogP contribution < -0.4 is 5.32 Å². The molecule has 2 heterocycles. The van der Waals surface area contributed by atoms with Crippen molar-refractivity contribution in [2.24, 2.45) is 0 Å². The molecular weight excluding hydrogens is 266 g/mol. The van der Waals surface area contributed by atoms with Gasteiger partial charge in [-0.3, -0.25) is 4.79 Å². The van der Waals surface area contributed by atoms with Gasteiger partial charge in [0, 0.05) is 37.3 Å². The number of aryl methyl sites for hydroxylation is 1. The van der Waals surface area contributed by atoms with E-state index >= 15 is 0 Å². The van der Waals surface area contributed by atoms with E-state index in [4.69, 9.17) is 4.52 Å². The van der Waals surface area contributed by atoms with Crippen LogP contribution in [0.5, 0.6) is 0 Å². The van der Waals surface area contributed by atoms with E-state index in [1.54, 1.807) is 6.07 Å². The molecule has 3 rings (SSSR count). The fourth-order valence-corrected chi connectivity index (χ4v) is 2.52. The molecule has 0 aliphatic carbocycles. The highest BCUT2D eigenvalue weighted by atomic mass is 16.5. The molecular formula is C16H19N3O2. The number of carbonyl (C=O) groups is 1. The van der Waals surface area contributed by atoms with Gasteiger partial charge < -0.3 is 14.7 Å². The van der Waals surface area contributed by atoms with Crippen LogP contribution in [0.15, 0.2) is 34.9 Å².